The Morgan fingerprint density at radius 3 is 1.11 bits per heavy atom. The monoisotopic (exact) mass is 807 g/mol. The zero-order valence-corrected chi connectivity index (χ0v) is 34.0. The first-order valence-corrected chi connectivity index (χ1v) is 21.2. The molecule has 1 aromatic heterocycles. The molecular weight excluding hydrogens is 771 g/mol. The molecule has 2 aliphatic rings. The average Bonchev–Trinajstić information content (AvgIpc) is 3.67. The summed E-state index contributed by atoms with van der Waals surface area (Å²) in [5.41, 5.74) is 14.1. The molecule has 10 aromatic rings. The number of benzene rings is 9. The maximum absolute atomic E-state index is 6.49. The molecule has 0 atom stereocenters. The fourth-order valence-corrected chi connectivity index (χ4v) is 9.30. The van der Waals surface area contributed by atoms with E-state index in [4.69, 9.17) is 24.4 Å². The van der Waals surface area contributed by atoms with E-state index in [0.717, 1.165) is 50.3 Å². The second kappa shape index (κ2) is 14.9. The van der Waals surface area contributed by atoms with Crippen molar-refractivity contribution < 1.29 is 9.47 Å². The van der Waals surface area contributed by atoms with Crippen LogP contribution in [0.2, 0.25) is 0 Å². The van der Waals surface area contributed by atoms with Crippen molar-refractivity contribution in [2.75, 3.05) is 0 Å². The Balaban J connectivity index is 0.867. The minimum absolute atomic E-state index is 0.579. The number of para-hydroxylation sites is 2. The number of fused-ring (bicyclic) bond motifs is 5. The lowest BCUT2D eigenvalue weighted by Crippen LogP contribution is -2.28. The van der Waals surface area contributed by atoms with Crippen molar-refractivity contribution in [1.82, 2.24) is 15.0 Å². The molecule has 0 saturated heterocycles. The van der Waals surface area contributed by atoms with Crippen molar-refractivity contribution in [3.63, 3.8) is 0 Å². The predicted molar refractivity (Wildman–Crippen MR) is 251 cm³/mol. The van der Waals surface area contributed by atoms with Gasteiger partial charge in [0, 0.05) is 16.7 Å². The predicted octanol–water partition coefficient (Wildman–Crippen LogP) is 14.5. The summed E-state index contributed by atoms with van der Waals surface area (Å²) >= 11 is 0. The van der Waals surface area contributed by atoms with Gasteiger partial charge in [-0.25, -0.2) is 15.0 Å². The number of hydrogen-bond donors (Lipinski definition) is 0. The van der Waals surface area contributed by atoms with Gasteiger partial charge in [-0.3, -0.25) is 0 Å². The maximum Gasteiger partial charge on any atom is 0.170 e. The van der Waals surface area contributed by atoms with Gasteiger partial charge in [0.25, 0.3) is 0 Å². The standard InChI is InChI=1S/C58H37N3O2/c1-3-13-42(14-4-1)55-59-56(43-15-5-2-6-16-43)61-57(60-55)44-29-27-40(28-30-44)38-23-25-39(26-24-38)41-31-33-45(34-32-41)58(49-19-9-7-17-47(49)48-18-8-10-20-50(48)58)46-35-36-53-54(37-46)63-52-22-12-11-21-51(52)62-53/h1-37H. The maximum atomic E-state index is 6.49. The minimum Gasteiger partial charge on any atom is -0.450 e. The van der Waals surface area contributed by atoms with Crippen LogP contribution in [0, 0.1) is 0 Å². The van der Waals surface area contributed by atoms with Crippen LogP contribution in [0.15, 0.2) is 224 Å². The molecule has 0 fully saturated rings. The quantitative estimate of drug-likeness (QED) is 0.161. The molecule has 0 saturated carbocycles. The molecule has 0 bridgehead atoms. The summed E-state index contributed by atoms with van der Waals surface area (Å²) in [4.78, 5) is 14.7. The highest BCUT2D eigenvalue weighted by molar-refractivity contribution is 5.87. The lowest BCUT2D eigenvalue weighted by molar-refractivity contribution is 0.359. The molecule has 5 heteroatoms. The smallest absolute Gasteiger partial charge is 0.170 e. The topological polar surface area (TPSA) is 57.1 Å². The molecule has 2 heterocycles. The van der Waals surface area contributed by atoms with Gasteiger partial charge in [0.05, 0.1) is 5.41 Å². The summed E-state index contributed by atoms with van der Waals surface area (Å²) in [6.45, 7) is 0. The first-order valence-electron chi connectivity index (χ1n) is 21.2. The fourth-order valence-electron chi connectivity index (χ4n) is 9.30. The summed E-state index contributed by atoms with van der Waals surface area (Å²) in [5, 5.41) is 0. The van der Waals surface area contributed by atoms with Crippen LogP contribution in [0.1, 0.15) is 22.3 Å². The van der Waals surface area contributed by atoms with E-state index in [1.165, 1.54) is 27.8 Å². The van der Waals surface area contributed by atoms with Crippen LogP contribution in [0.5, 0.6) is 23.0 Å². The van der Waals surface area contributed by atoms with Gasteiger partial charge in [-0.15, -0.1) is 0 Å². The average molecular weight is 808 g/mol. The van der Waals surface area contributed by atoms with Crippen LogP contribution >= 0.6 is 0 Å². The summed E-state index contributed by atoms with van der Waals surface area (Å²) in [5.74, 6) is 4.78. The van der Waals surface area contributed by atoms with Crippen molar-refractivity contribution in [3.8, 4) is 90.5 Å². The third kappa shape index (κ3) is 6.21. The Morgan fingerprint density at radius 2 is 0.619 bits per heavy atom. The molecular formula is C58H37N3O2. The van der Waals surface area contributed by atoms with Gasteiger partial charge in [-0.2, -0.15) is 0 Å². The number of hydrogen-bond acceptors (Lipinski definition) is 5. The van der Waals surface area contributed by atoms with Crippen molar-refractivity contribution in [2.24, 2.45) is 0 Å². The number of aromatic nitrogens is 3. The molecule has 0 amide bonds. The van der Waals surface area contributed by atoms with Gasteiger partial charge >= 0.3 is 0 Å². The van der Waals surface area contributed by atoms with Gasteiger partial charge in [-0.1, -0.05) is 200 Å². The number of rotatable bonds is 7. The molecule has 1 aliphatic heterocycles. The van der Waals surface area contributed by atoms with Crippen LogP contribution in [0.25, 0.3) is 67.5 Å². The second-order valence-electron chi connectivity index (χ2n) is 15.9. The summed E-state index contributed by atoms with van der Waals surface area (Å²) in [6, 6.07) is 78.3. The lowest BCUT2D eigenvalue weighted by atomic mass is 9.67. The van der Waals surface area contributed by atoms with Crippen LogP contribution in [0.3, 0.4) is 0 Å². The van der Waals surface area contributed by atoms with Crippen LogP contribution < -0.4 is 9.47 Å². The molecule has 12 rings (SSSR count). The van der Waals surface area contributed by atoms with E-state index in [0.29, 0.717) is 34.7 Å². The van der Waals surface area contributed by atoms with Gasteiger partial charge < -0.3 is 9.47 Å². The van der Waals surface area contributed by atoms with Crippen LogP contribution in [0.4, 0.5) is 0 Å². The number of nitrogens with zero attached hydrogens (tertiary/aromatic N) is 3. The molecule has 1 aliphatic carbocycles. The SMILES string of the molecule is c1ccc(-c2nc(-c3ccccc3)nc(-c3ccc(-c4ccc(-c5ccc(C6(c7ccc8c(c7)Oc7ccccc7O8)c7ccccc7-c7ccccc76)cc5)cc4)cc3)n2)cc1. The van der Waals surface area contributed by atoms with E-state index in [9.17, 15) is 0 Å². The number of ether oxygens (including phenoxy) is 2. The highest BCUT2D eigenvalue weighted by atomic mass is 16.6. The minimum atomic E-state index is -0.579. The van der Waals surface area contributed by atoms with Gasteiger partial charge in [0.1, 0.15) is 0 Å². The van der Waals surface area contributed by atoms with E-state index < -0.39 is 5.41 Å². The van der Waals surface area contributed by atoms with Gasteiger partial charge in [0.15, 0.2) is 40.5 Å². The van der Waals surface area contributed by atoms with Crippen molar-refractivity contribution in [2.45, 2.75) is 5.41 Å². The first-order chi connectivity index (χ1) is 31.2. The Hall–Kier alpha value is -8.41. The highest BCUT2D eigenvalue weighted by Gasteiger charge is 2.46. The highest BCUT2D eigenvalue weighted by Crippen LogP contribution is 2.58. The molecule has 0 spiro atoms. The Bertz CT molecular complexity index is 3210. The molecule has 5 nitrogen and oxygen atoms in total. The fraction of sp³-hybridized carbons (Fsp3) is 0.0172. The molecule has 0 radical (unpaired) electrons. The lowest BCUT2D eigenvalue weighted by Gasteiger charge is -2.34. The molecule has 9 aromatic carbocycles. The van der Waals surface area contributed by atoms with Gasteiger partial charge in [-0.05, 0) is 79.9 Å². The third-order valence-electron chi connectivity index (χ3n) is 12.3. The Morgan fingerprint density at radius 1 is 0.270 bits per heavy atom. The molecule has 296 valence electrons. The third-order valence-corrected chi connectivity index (χ3v) is 12.3. The van der Waals surface area contributed by atoms with Crippen LogP contribution in [-0.2, 0) is 5.41 Å². The zero-order chi connectivity index (χ0) is 41.7. The first kappa shape index (κ1) is 36.4. The zero-order valence-electron chi connectivity index (χ0n) is 34.0. The largest absolute Gasteiger partial charge is 0.450 e. The summed E-state index contributed by atoms with van der Waals surface area (Å²) in [7, 11) is 0. The van der Waals surface area contributed by atoms with Crippen LogP contribution in [-0.4, -0.2) is 15.0 Å². The molecule has 0 N–H and O–H groups in total. The van der Waals surface area contributed by atoms with E-state index in [1.54, 1.807) is 0 Å². The summed E-state index contributed by atoms with van der Waals surface area (Å²) in [6.07, 6.45) is 0. The normalized spacial score (nSPS) is 12.8. The van der Waals surface area contributed by atoms with E-state index in [2.05, 4.69) is 133 Å². The van der Waals surface area contributed by atoms with Crippen molar-refractivity contribution in [1.29, 1.82) is 0 Å². The van der Waals surface area contributed by atoms with Gasteiger partial charge in [0.2, 0.25) is 0 Å². The van der Waals surface area contributed by atoms with Crippen molar-refractivity contribution in [3.05, 3.63) is 247 Å². The molecule has 63 heavy (non-hydrogen) atoms. The second-order valence-corrected chi connectivity index (χ2v) is 15.9. The van der Waals surface area contributed by atoms with E-state index >= 15 is 0 Å². The Kier molecular flexibility index (Phi) is 8.64. The summed E-state index contributed by atoms with van der Waals surface area (Å²) < 4.78 is 12.8. The molecule has 0 unspecified atom stereocenters. The van der Waals surface area contributed by atoms with E-state index in [1.807, 2.05) is 91.0 Å². The van der Waals surface area contributed by atoms with E-state index in [-0.39, 0.29) is 0 Å². The Labute approximate surface area is 365 Å². The van der Waals surface area contributed by atoms with Crippen molar-refractivity contribution >= 4 is 0 Å².